The number of nitrogens with one attached hydrogen (secondary N) is 7. The van der Waals surface area contributed by atoms with Crippen molar-refractivity contribution in [2.45, 2.75) is 149 Å². The van der Waals surface area contributed by atoms with E-state index in [1.165, 1.54) is 13.8 Å². The number of primary amides is 1. The quantitative estimate of drug-likeness (QED) is 0.0449. The summed E-state index contributed by atoms with van der Waals surface area (Å²) in [6.45, 7) is 10.6. The van der Waals surface area contributed by atoms with Crippen molar-refractivity contribution in [3.8, 4) is 0 Å². The summed E-state index contributed by atoms with van der Waals surface area (Å²) in [5.74, 6) is -6.25. The van der Waals surface area contributed by atoms with Crippen LogP contribution in [0.5, 0.6) is 0 Å². The van der Waals surface area contributed by atoms with Crippen molar-refractivity contribution in [1.82, 2.24) is 37.2 Å². The second-order valence-corrected chi connectivity index (χ2v) is 19.5. The maximum Gasteiger partial charge on any atom is 0.243 e. The zero-order chi connectivity index (χ0) is 53.7. The predicted molar refractivity (Wildman–Crippen MR) is 286 cm³/mol. The van der Waals surface area contributed by atoms with Gasteiger partial charge in [0.25, 0.3) is 0 Å². The van der Waals surface area contributed by atoms with E-state index in [1.807, 2.05) is 20.8 Å². The second-order valence-electron chi connectivity index (χ2n) is 18.2. The molecule has 0 aromatic heterocycles. The monoisotopic (exact) mass is 1070 g/mol. The third-order valence-corrected chi connectivity index (χ3v) is 13.2. The minimum atomic E-state index is -1.37. The lowest BCUT2D eigenvalue weighted by Gasteiger charge is -2.29. The smallest absolute Gasteiger partial charge is 0.243 e. The van der Waals surface area contributed by atoms with Gasteiger partial charge in [-0.2, -0.15) is 0 Å². The molecular formula is C52H75Cl3N10O8. The zero-order valence-electron chi connectivity index (χ0n) is 41.7. The Labute approximate surface area is 444 Å². The number of hydrogen-bond acceptors (Lipinski definition) is 10. The van der Waals surface area contributed by atoms with Crippen LogP contribution in [0.4, 0.5) is 0 Å². The maximum atomic E-state index is 14.6. The van der Waals surface area contributed by atoms with Crippen molar-refractivity contribution in [1.29, 1.82) is 0 Å². The van der Waals surface area contributed by atoms with Crippen molar-refractivity contribution in [3.05, 3.63) is 105 Å². The average Bonchev–Trinajstić information content (AvgIpc) is 3.35. The first-order chi connectivity index (χ1) is 34.1. The van der Waals surface area contributed by atoms with Gasteiger partial charge in [-0.1, -0.05) is 119 Å². The number of carbonyl (C=O) groups is 8. The Kier molecular flexibility index (Phi) is 27.5. The van der Waals surface area contributed by atoms with Crippen LogP contribution in [-0.4, -0.2) is 102 Å². The third kappa shape index (κ3) is 21.3. The van der Waals surface area contributed by atoms with Gasteiger partial charge in [-0.25, -0.2) is 0 Å². The summed E-state index contributed by atoms with van der Waals surface area (Å²) in [6.07, 6.45) is 2.27. The minimum Gasteiger partial charge on any atom is -0.368 e. The van der Waals surface area contributed by atoms with E-state index < -0.39 is 95.6 Å². The molecule has 3 aromatic carbocycles. The number of hydrogen-bond donors (Lipinski definition) is 10. The molecular weight excluding hydrogens is 999 g/mol. The van der Waals surface area contributed by atoms with Crippen molar-refractivity contribution in [2.24, 2.45) is 29.0 Å². The fourth-order valence-electron chi connectivity index (χ4n) is 7.32. The Morgan fingerprint density at radius 3 is 1.18 bits per heavy atom. The van der Waals surface area contributed by atoms with E-state index in [0.717, 1.165) is 0 Å². The van der Waals surface area contributed by atoms with Gasteiger partial charge in [0, 0.05) is 34.3 Å². The summed E-state index contributed by atoms with van der Waals surface area (Å²) >= 11 is 18.5. The summed E-state index contributed by atoms with van der Waals surface area (Å²) < 4.78 is 0. The Balaban J connectivity index is 0.0000183. The molecule has 0 spiro atoms. The minimum absolute atomic E-state index is 0. The molecule has 13 N–H and O–H groups in total. The van der Waals surface area contributed by atoms with Crippen molar-refractivity contribution >= 4 is 82.1 Å². The fraction of sp³-hybridized carbons (Fsp3) is 0.500. The molecule has 21 heteroatoms. The van der Waals surface area contributed by atoms with Crippen LogP contribution in [0.25, 0.3) is 0 Å². The average molecular weight is 1070 g/mol. The molecule has 0 heterocycles. The largest absolute Gasteiger partial charge is 0.368 e. The molecule has 10 unspecified atom stereocenters. The van der Waals surface area contributed by atoms with E-state index in [2.05, 4.69) is 37.2 Å². The molecule has 73 heavy (non-hydrogen) atoms. The van der Waals surface area contributed by atoms with E-state index in [0.29, 0.717) is 64.0 Å². The molecule has 8 amide bonds. The normalized spacial score (nSPS) is 15.1. The van der Waals surface area contributed by atoms with Gasteiger partial charge < -0.3 is 54.4 Å². The lowest BCUT2D eigenvalue weighted by Crippen LogP contribution is -2.61. The molecule has 3 aromatic rings. The molecule has 0 radical (unpaired) electrons. The van der Waals surface area contributed by atoms with Gasteiger partial charge in [0.05, 0.1) is 6.04 Å². The third-order valence-electron chi connectivity index (χ3n) is 12.4. The number of amides is 8. The van der Waals surface area contributed by atoms with Crippen molar-refractivity contribution in [2.75, 3.05) is 6.54 Å². The molecule has 0 saturated heterocycles. The van der Waals surface area contributed by atoms with Gasteiger partial charge in [0.2, 0.25) is 47.3 Å². The number of benzene rings is 3. The Bertz CT molecular complexity index is 2290. The van der Waals surface area contributed by atoms with Crippen LogP contribution in [0.3, 0.4) is 0 Å². The first-order valence-corrected chi connectivity index (χ1v) is 25.3. The molecule has 0 aliphatic carbocycles. The summed E-state index contributed by atoms with van der Waals surface area (Å²) in [7, 11) is 0. The number of nitrogens with two attached hydrogens (primary N) is 3. The van der Waals surface area contributed by atoms with Crippen LogP contribution in [0, 0.1) is 11.8 Å². The molecule has 3 rings (SSSR count). The number of rotatable bonds is 29. The summed E-state index contributed by atoms with van der Waals surface area (Å²) in [5.41, 5.74) is 19.0. The highest BCUT2D eigenvalue weighted by Crippen LogP contribution is 2.17. The highest BCUT2D eigenvalue weighted by Gasteiger charge is 2.35. The fourth-order valence-corrected chi connectivity index (χ4v) is 7.70. The lowest BCUT2D eigenvalue weighted by molar-refractivity contribution is -0.135. The summed E-state index contributed by atoms with van der Waals surface area (Å²) in [4.78, 5) is 109. The first-order valence-electron chi connectivity index (χ1n) is 24.2. The van der Waals surface area contributed by atoms with E-state index in [-0.39, 0.29) is 44.9 Å². The second kappa shape index (κ2) is 31.7. The van der Waals surface area contributed by atoms with Gasteiger partial charge in [0.15, 0.2) is 0 Å². The Morgan fingerprint density at radius 1 is 0.466 bits per heavy atom. The van der Waals surface area contributed by atoms with Gasteiger partial charge >= 0.3 is 0 Å². The molecule has 0 bridgehead atoms. The highest BCUT2D eigenvalue weighted by molar-refractivity contribution is 6.31. The molecule has 402 valence electrons. The van der Waals surface area contributed by atoms with E-state index in [1.54, 1.807) is 79.7 Å². The van der Waals surface area contributed by atoms with Crippen LogP contribution in [0.15, 0.2) is 72.8 Å². The molecule has 0 saturated carbocycles. The number of carbonyl (C=O) groups excluding carboxylic acids is 8. The van der Waals surface area contributed by atoms with Crippen LogP contribution < -0.4 is 54.4 Å². The maximum absolute atomic E-state index is 14.6. The zero-order valence-corrected chi connectivity index (χ0v) is 44.0. The van der Waals surface area contributed by atoms with Gasteiger partial charge in [-0.05, 0) is 105 Å². The topological polar surface area (TPSA) is 299 Å². The first kappa shape index (κ1) is 63.3. The molecule has 0 aliphatic rings. The van der Waals surface area contributed by atoms with Crippen LogP contribution in [0.2, 0.25) is 15.1 Å². The van der Waals surface area contributed by atoms with Crippen molar-refractivity contribution < 1.29 is 38.4 Å². The summed E-state index contributed by atoms with van der Waals surface area (Å²) in [6, 6.07) is 10.4. The summed E-state index contributed by atoms with van der Waals surface area (Å²) in [5, 5.41) is 20.1. The molecule has 0 fully saturated rings. The molecule has 10 atom stereocenters. The van der Waals surface area contributed by atoms with E-state index in [9.17, 15) is 38.4 Å². The molecule has 0 aliphatic heterocycles. The van der Waals surface area contributed by atoms with Gasteiger partial charge in [0.1, 0.15) is 42.3 Å². The van der Waals surface area contributed by atoms with Gasteiger partial charge in [-0.3, -0.25) is 38.4 Å². The Hall–Kier alpha value is -5.79. The predicted octanol–water partition coefficient (Wildman–Crippen LogP) is 3.78. The standard InChI is InChI=1S/C51H71Cl3N10O8.CH4/c1-7-28(3)42(56)50(71)64-43(29(4)8-2)51(72)63-41(27-34-16-22-37(54)23-17-34)49(70)62-40(26-33-14-20-36(53)21-15-33)48(69)61-39(25-32-12-18-35(52)19-13-32)47(68)59-30(5)45(66)58-31(6)46(67)60-38(44(57)65)11-9-10-24-55;/h12-23,28-31,38-43H,7-11,24-27,55-56H2,1-6H3,(H2,57,65)(H,58,66)(H,59,68)(H,60,67)(H,61,69)(H,62,70)(H,63,72)(H,64,71);1H4. The van der Waals surface area contributed by atoms with E-state index in [4.69, 9.17) is 52.0 Å². The van der Waals surface area contributed by atoms with Gasteiger partial charge in [-0.15, -0.1) is 0 Å². The Morgan fingerprint density at radius 2 is 0.808 bits per heavy atom. The van der Waals surface area contributed by atoms with Crippen LogP contribution in [-0.2, 0) is 57.6 Å². The van der Waals surface area contributed by atoms with E-state index >= 15 is 0 Å². The SMILES string of the molecule is C.CCC(C)C(N)C(=O)NC(C(=O)NC(Cc1ccc(Cl)cc1)C(=O)NC(Cc1ccc(Cl)cc1)C(=O)NC(Cc1ccc(Cl)cc1)C(=O)NC(C)C(=O)NC(C)C(=O)NC(CCCCN)C(N)=O)C(C)CC. The van der Waals surface area contributed by atoms with Crippen LogP contribution in [0.1, 0.15) is 97.8 Å². The highest BCUT2D eigenvalue weighted by atomic mass is 35.5. The van der Waals surface area contributed by atoms with Crippen molar-refractivity contribution in [3.63, 3.8) is 0 Å². The van der Waals surface area contributed by atoms with Crippen LogP contribution >= 0.6 is 34.8 Å². The lowest BCUT2D eigenvalue weighted by atomic mass is 9.95. The molecule has 18 nitrogen and oxygen atoms in total. The number of halogens is 3. The number of unbranched alkanes of at least 4 members (excludes halogenated alkanes) is 1.